The molecular formula is C21H33N7. The predicted octanol–water partition coefficient (Wildman–Crippen LogP) is 3.07. The number of hydrogen-bond donors (Lipinski definition) is 4. The molecule has 28 heavy (non-hydrogen) atoms. The zero-order valence-corrected chi connectivity index (χ0v) is 17.2. The van der Waals surface area contributed by atoms with E-state index in [1.54, 1.807) is 6.08 Å². The van der Waals surface area contributed by atoms with Crippen LogP contribution in [0.4, 0.5) is 5.69 Å². The number of piperazine rings is 1. The highest BCUT2D eigenvalue weighted by molar-refractivity contribution is 6.01. The van der Waals surface area contributed by atoms with Crippen molar-refractivity contribution in [3.05, 3.63) is 53.4 Å². The van der Waals surface area contributed by atoms with Crippen LogP contribution in [-0.4, -0.2) is 43.0 Å². The Hall–Kier alpha value is -2.67. The van der Waals surface area contributed by atoms with Gasteiger partial charge in [-0.2, -0.15) is 0 Å². The first-order valence-electron chi connectivity index (χ1n) is 9.79. The summed E-state index contributed by atoms with van der Waals surface area (Å²) in [5.74, 6) is 0.566. The molecule has 1 unspecified atom stereocenters. The summed E-state index contributed by atoms with van der Waals surface area (Å²) in [5.41, 5.74) is 22.6. The second kappa shape index (κ2) is 10.0. The van der Waals surface area contributed by atoms with Crippen molar-refractivity contribution >= 4 is 11.5 Å². The van der Waals surface area contributed by atoms with Gasteiger partial charge in [-0.25, -0.2) is 5.53 Å². The third kappa shape index (κ3) is 5.42. The van der Waals surface area contributed by atoms with Crippen molar-refractivity contribution in [3.63, 3.8) is 0 Å². The summed E-state index contributed by atoms with van der Waals surface area (Å²) >= 11 is 0. The standard InChI is InChI=1S/C21H33N7/c1-15(2)13-17-6-7-18(21(24)26-25)20(14-17)28-11-9-27(10-12-28)16(3)19(23)5-4-8-22/h4-8,14-16,24-25H,9-13,22-23H2,1-3H3/b8-4-,19-5-,24-21?,26-25?. The van der Waals surface area contributed by atoms with Gasteiger partial charge in [-0.05, 0) is 55.3 Å². The molecule has 0 spiro atoms. The molecule has 152 valence electrons. The highest BCUT2D eigenvalue weighted by Crippen LogP contribution is 2.26. The van der Waals surface area contributed by atoms with Gasteiger partial charge in [0.2, 0.25) is 0 Å². The lowest BCUT2D eigenvalue weighted by atomic mass is 9.99. The Balaban J connectivity index is 2.17. The smallest absolute Gasteiger partial charge is 0.175 e. The summed E-state index contributed by atoms with van der Waals surface area (Å²) in [6.45, 7) is 9.94. The van der Waals surface area contributed by atoms with E-state index in [1.807, 2.05) is 18.2 Å². The molecule has 0 saturated carbocycles. The molecule has 0 amide bonds. The van der Waals surface area contributed by atoms with Crippen LogP contribution in [0.5, 0.6) is 0 Å². The molecule has 0 bridgehead atoms. The quantitative estimate of drug-likeness (QED) is 0.250. The molecular weight excluding hydrogens is 350 g/mol. The van der Waals surface area contributed by atoms with Gasteiger partial charge in [0.15, 0.2) is 5.84 Å². The minimum Gasteiger partial charge on any atom is -0.405 e. The molecule has 0 aromatic heterocycles. The molecule has 2 rings (SSSR count). The van der Waals surface area contributed by atoms with Gasteiger partial charge in [-0.15, -0.1) is 5.11 Å². The monoisotopic (exact) mass is 383 g/mol. The van der Waals surface area contributed by atoms with Crippen LogP contribution in [0.15, 0.2) is 47.4 Å². The van der Waals surface area contributed by atoms with Crippen LogP contribution in [0.1, 0.15) is 31.9 Å². The zero-order chi connectivity index (χ0) is 20.7. The molecule has 0 radical (unpaired) electrons. The second-order valence-electron chi connectivity index (χ2n) is 7.66. The maximum atomic E-state index is 8.05. The lowest BCUT2D eigenvalue weighted by Gasteiger charge is -2.40. The fourth-order valence-electron chi connectivity index (χ4n) is 3.56. The largest absolute Gasteiger partial charge is 0.405 e. The van der Waals surface area contributed by atoms with Gasteiger partial charge in [0, 0.05) is 49.2 Å². The molecule has 7 nitrogen and oxygen atoms in total. The Bertz CT molecular complexity index is 743. The number of hydrogen-bond acceptors (Lipinski definition) is 6. The average molecular weight is 384 g/mol. The van der Waals surface area contributed by atoms with Gasteiger partial charge in [0.25, 0.3) is 0 Å². The summed E-state index contributed by atoms with van der Waals surface area (Å²) in [4.78, 5) is 4.65. The molecule has 7 heteroatoms. The van der Waals surface area contributed by atoms with Gasteiger partial charge < -0.3 is 16.4 Å². The van der Waals surface area contributed by atoms with Crippen molar-refractivity contribution < 1.29 is 0 Å². The van der Waals surface area contributed by atoms with Crippen molar-refractivity contribution in [2.24, 2.45) is 22.5 Å². The van der Waals surface area contributed by atoms with E-state index in [0.717, 1.165) is 49.5 Å². The van der Waals surface area contributed by atoms with E-state index in [0.29, 0.717) is 5.92 Å². The van der Waals surface area contributed by atoms with Crippen molar-refractivity contribution in [1.82, 2.24) is 4.90 Å². The molecule has 1 atom stereocenters. The molecule has 1 aliphatic heterocycles. The van der Waals surface area contributed by atoms with Gasteiger partial charge in [0.1, 0.15) is 0 Å². The fourth-order valence-corrected chi connectivity index (χ4v) is 3.56. The molecule has 1 aromatic carbocycles. The molecule has 1 saturated heterocycles. The molecule has 6 N–H and O–H groups in total. The van der Waals surface area contributed by atoms with E-state index in [9.17, 15) is 0 Å². The van der Waals surface area contributed by atoms with Crippen molar-refractivity contribution in [1.29, 1.82) is 10.9 Å². The molecule has 1 fully saturated rings. The number of anilines is 1. The Morgan fingerprint density at radius 3 is 2.46 bits per heavy atom. The number of nitrogens with one attached hydrogen (secondary N) is 2. The van der Waals surface area contributed by atoms with Crippen LogP contribution in [0.3, 0.4) is 0 Å². The van der Waals surface area contributed by atoms with Gasteiger partial charge in [-0.3, -0.25) is 10.3 Å². The lowest BCUT2D eigenvalue weighted by molar-refractivity contribution is 0.218. The highest BCUT2D eigenvalue weighted by Gasteiger charge is 2.24. The summed E-state index contributed by atoms with van der Waals surface area (Å²) in [6, 6.07) is 6.29. The van der Waals surface area contributed by atoms with E-state index in [4.69, 9.17) is 22.4 Å². The van der Waals surface area contributed by atoms with Crippen molar-refractivity contribution in [2.45, 2.75) is 33.2 Å². The van der Waals surface area contributed by atoms with Crippen LogP contribution in [0.2, 0.25) is 0 Å². The average Bonchev–Trinajstić information content (AvgIpc) is 2.70. The number of nitrogens with zero attached hydrogens (tertiary/aromatic N) is 3. The molecule has 1 heterocycles. The van der Waals surface area contributed by atoms with Crippen molar-refractivity contribution in [3.8, 4) is 0 Å². The van der Waals surface area contributed by atoms with Crippen LogP contribution in [0.25, 0.3) is 0 Å². The normalized spacial score (nSPS) is 17.3. The number of rotatable bonds is 7. The third-order valence-electron chi connectivity index (χ3n) is 5.16. The molecule has 1 aromatic rings. The van der Waals surface area contributed by atoms with Crippen LogP contribution in [0, 0.1) is 16.9 Å². The Labute approximate surface area is 168 Å². The topological polar surface area (TPSA) is 119 Å². The summed E-state index contributed by atoms with van der Waals surface area (Å²) < 4.78 is 0. The first-order valence-corrected chi connectivity index (χ1v) is 9.79. The lowest BCUT2D eigenvalue weighted by Crippen LogP contribution is -2.51. The van der Waals surface area contributed by atoms with Crippen LogP contribution in [-0.2, 0) is 6.42 Å². The van der Waals surface area contributed by atoms with E-state index in [-0.39, 0.29) is 11.9 Å². The van der Waals surface area contributed by atoms with E-state index in [1.165, 1.54) is 11.8 Å². The SMILES string of the molecule is CC(C)Cc1ccc(C(=N)N=N)c(N2CCN(C(C)/C(N)=C/C=C\N)CC2)c1. The van der Waals surface area contributed by atoms with E-state index in [2.05, 4.69) is 41.8 Å². The number of benzene rings is 1. The van der Waals surface area contributed by atoms with Gasteiger partial charge in [0.05, 0.1) is 0 Å². The Morgan fingerprint density at radius 1 is 1.21 bits per heavy atom. The Morgan fingerprint density at radius 2 is 1.89 bits per heavy atom. The Kier molecular flexibility index (Phi) is 7.75. The number of nitrogens with two attached hydrogens (primary N) is 2. The fraction of sp³-hybridized carbons (Fsp3) is 0.476. The predicted molar refractivity (Wildman–Crippen MR) is 116 cm³/mol. The second-order valence-corrected chi connectivity index (χ2v) is 7.66. The summed E-state index contributed by atoms with van der Waals surface area (Å²) in [5, 5.41) is 11.4. The van der Waals surface area contributed by atoms with Gasteiger partial charge in [-0.1, -0.05) is 19.9 Å². The third-order valence-corrected chi connectivity index (χ3v) is 5.16. The molecule has 1 aliphatic rings. The van der Waals surface area contributed by atoms with Crippen molar-refractivity contribution in [2.75, 3.05) is 31.1 Å². The first-order chi connectivity index (χ1) is 13.4. The summed E-state index contributed by atoms with van der Waals surface area (Å²) in [7, 11) is 0. The van der Waals surface area contributed by atoms with Crippen LogP contribution >= 0.6 is 0 Å². The molecule has 0 aliphatic carbocycles. The zero-order valence-electron chi connectivity index (χ0n) is 17.2. The van der Waals surface area contributed by atoms with Crippen LogP contribution < -0.4 is 16.4 Å². The van der Waals surface area contributed by atoms with E-state index < -0.39 is 0 Å². The minimum atomic E-state index is 0.00245. The highest BCUT2D eigenvalue weighted by atomic mass is 15.3. The summed E-state index contributed by atoms with van der Waals surface area (Å²) in [6.07, 6.45) is 6.08. The van der Waals surface area contributed by atoms with Gasteiger partial charge >= 0.3 is 0 Å². The minimum absolute atomic E-state index is 0.00245. The van der Waals surface area contributed by atoms with E-state index >= 15 is 0 Å². The maximum Gasteiger partial charge on any atom is 0.175 e. The first kappa shape index (κ1) is 21.6. The number of allylic oxidation sites excluding steroid dienone is 2. The maximum absolute atomic E-state index is 8.05. The number of amidine groups is 1.